The third-order valence-electron chi connectivity index (χ3n) is 12.4. The number of fused-ring (bicyclic) bond motifs is 1. The van der Waals surface area contributed by atoms with Crippen LogP contribution >= 0.6 is 0 Å². The van der Waals surface area contributed by atoms with E-state index in [0.29, 0.717) is 18.4 Å². The second-order valence-electron chi connectivity index (χ2n) is 15.8. The number of Topliss-reactive ketones (excluding diaryl/α,β-unsaturated/α-hetero) is 3. The zero-order valence-corrected chi connectivity index (χ0v) is 28.2. The van der Waals surface area contributed by atoms with Crippen LogP contribution in [0.25, 0.3) is 0 Å². The molecule has 8 rings (SSSR count). The zero-order valence-electron chi connectivity index (χ0n) is 28.2. The van der Waals surface area contributed by atoms with Crippen molar-refractivity contribution in [2.24, 2.45) is 0 Å². The summed E-state index contributed by atoms with van der Waals surface area (Å²) in [4.78, 5) is 47.8. The quantitative estimate of drug-likeness (QED) is 0.449. The van der Waals surface area contributed by atoms with E-state index in [9.17, 15) is 24.6 Å². The molecule has 12 nitrogen and oxygen atoms in total. The van der Waals surface area contributed by atoms with Crippen LogP contribution in [0.3, 0.4) is 0 Å². The van der Waals surface area contributed by atoms with Crippen LogP contribution in [0.15, 0.2) is 12.1 Å². The third-order valence-corrected chi connectivity index (χ3v) is 12.4. The lowest BCUT2D eigenvalue weighted by Gasteiger charge is -2.52. The molecular formula is C35H46N2O10. The molecule has 4 saturated heterocycles. The van der Waals surface area contributed by atoms with Crippen molar-refractivity contribution in [3.8, 4) is 5.75 Å². The minimum atomic E-state index is -1.96. The fourth-order valence-electron chi connectivity index (χ4n) is 10.3. The largest absolute Gasteiger partial charge is 0.507 e. The molecule has 1 aromatic carbocycles. The maximum absolute atomic E-state index is 14.8. The predicted octanol–water partition coefficient (Wildman–Crippen LogP) is 2.32. The number of epoxide rings is 2. The molecule has 2 saturated carbocycles. The van der Waals surface area contributed by atoms with E-state index in [1.165, 1.54) is 0 Å². The Balaban J connectivity index is 1.18. The molecule has 12 atom stereocenters. The molecule has 0 bridgehead atoms. The maximum atomic E-state index is 14.8. The second kappa shape index (κ2) is 9.91. The highest BCUT2D eigenvalue weighted by atomic mass is 16.8. The van der Waals surface area contributed by atoms with Crippen LogP contribution in [0.1, 0.15) is 98.1 Å². The average molecular weight is 655 g/mol. The molecule has 6 fully saturated rings. The second-order valence-corrected chi connectivity index (χ2v) is 15.8. The molecule has 0 aromatic heterocycles. The van der Waals surface area contributed by atoms with E-state index in [1.54, 1.807) is 19.1 Å². The number of ketones is 3. The van der Waals surface area contributed by atoms with Crippen LogP contribution in [-0.2, 0) is 28.5 Å². The molecule has 5 unspecified atom stereocenters. The molecule has 256 valence electrons. The van der Waals surface area contributed by atoms with Gasteiger partial charge in [-0.2, -0.15) is 0 Å². The zero-order chi connectivity index (χ0) is 33.6. The van der Waals surface area contributed by atoms with Gasteiger partial charge in [0.2, 0.25) is 17.2 Å². The summed E-state index contributed by atoms with van der Waals surface area (Å²) in [6.07, 6.45) is 0.290. The Bertz CT molecular complexity index is 1580. The smallest absolute Gasteiger partial charge is 0.210 e. The van der Waals surface area contributed by atoms with Gasteiger partial charge in [-0.15, -0.1) is 0 Å². The summed E-state index contributed by atoms with van der Waals surface area (Å²) in [5.41, 5.74) is -8.17. The fourth-order valence-corrected chi connectivity index (χ4v) is 10.3. The van der Waals surface area contributed by atoms with Gasteiger partial charge in [-0.3, -0.25) is 14.4 Å². The molecule has 3 aliphatic carbocycles. The third kappa shape index (κ3) is 3.90. The topological polar surface area (TPSA) is 151 Å². The summed E-state index contributed by atoms with van der Waals surface area (Å²) in [5, 5.41) is 23.0. The molecule has 0 radical (unpaired) electrons. The van der Waals surface area contributed by atoms with Crippen LogP contribution in [0.4, 0.5) is 0 Å². The highest BCUT2D eigenvalue weighted by molar-refractivity contribution is 6.29. The first-order valence-corrected chi connectivity index (χ1v) is 17.0. The van der Waals surface area contributed by atoms with E-state index in [2.05, 4.69) is 9.80 Å². The normalized spacial score (nSPS) is 48.4. The molecule has 4 heterocycles. The number of ether oxygens (including phenoxy) is 5. The Labute approximate surface area is 274 Å². The Morgan fingerprint density at radius 2 is 1.55 bits per heavy atom. The standard InChI is InChI=1S/C35H46N2O10/c1-17-21(36(4)5)10-12-23(43-17)19-8-9-20-27(28(19)39)30(41)33-25(45-33)15-32(46-26-13-11-22(37(6)7)18(2)44-26)16-31(3,42)14-24(38)34(32)35(33,47-34)29(20)40/h8-9,17-18,21-23,25-26,39,42H,10-16H2,1-7H3/t17-,18-,21-,22-,23+,25?,26-,31-,32?,33?,34?,35?/m0/s1. The van der Waals surface area contributed by atoms with Crippen molar-refractivity contribution in [1.82, 2.24) is 9.80 Å². The number of aromatic hydroxyl groups is 1. The summed E-state index contributed by atoms with van der Waals surface area (Å²) in [6, 6.07) is 3.57. The van der Waals surface area contributed by atoms with Crippen LogP contribution < -0.4 is 0 Å². The molecule has 12 heteroatoms. The van der Waals surface area contributed by atoms with Crippen LogP contribution in [-0.4, -0.2) is 130 Å². The Hall–Kier alpha value is -2.29. The highest BCUT2D eigenvalue weighted by Crippen LogP contribution is 2.79. The van der Waals surface area contributed by atoms with E-state index in [4.69, 9.17) is 23.7 Å². The van der Waals surface area contributed by atoms with Crippen LogP contribution in [0.2, 0.25) is 0 Å². The summed E-state index contributed by atoms with van der Waals surface area (Å²) in [5.74, 6) is -1.95. The molecule has 1 aromatic rings. The predicted molar refractivity (Wildman–Crippen MR) is 165 cm³/mol. The Morgan fingerprint density at radius 1 is 0.894 bits per heavy atom. The molecule has 47 heavy (non-hydrogen) atoms. The SMILES string of the molecule is C[C@@H]1O[C@@H](OC23CC4OC45C(=O)c4c(ccc([C@H]6CC[C@H](N(C)C)[C@H](C)O6)c4O)C(=O)C54OC24C(=O)C[C@](C)(O)C3)CC[C@@H]1N(C)C. The summed E-state index contributed by atoms with van der Waals surface area (Å²) in [7, 11) is 8.00. The van der Waals surface area contributed by atoms with Gasteiger partial charge in [0.05, 0.1) is 29.5 Å². The van der Waals surface area contributed by atoms with Gasteiger partial charge >= 0.3 is 0 Å². The van der Waals surface area contributed by atoms with Gasteiger partial charge in [0.25, 0.3) is 0 Å². The molecule has 3 spiro atoms. The van der Waals surface area contributed by atoms with Crippen molar-refractivity contribution < 1.29 is 48.3 Å². The summed E-state index contributed by atoms with van der Waals surface area (Å²) < 4.78 is 32.1. The average Bonchev–Trinajstić information content (AvgIpc) is 3.87. The van der Waals surface area contributed by atoms with E-state index in [1.807, 2.05) is 42.0 Å². The van der Waals surface area contributed by atoms with Gasteiger partial charge in [-0.1, -0.05) is 6.07 Å². The number of nitrogens with zero attached hydrogens (tertiary/aromatic N) is 2. The van der Waals surface area contributed by atoms with E-state index in [0.717, 1.165) is 12.8 Å². The van der Waals surface area contributed by atoms with Crippen molar-refractivity contribution in [3.63, 3.8) is 0 Å². The number of phenols is 1. The van der Waals surface area contributed by atoms with Crippen molar-refractivity contribution in [3.05, 3.63) is 28.8 Å². The Kier molecular flexibility index (Phi) is 6.73. The molecular weight excluding hydrogens is 608 g/mol. The van der Waals surface area contributed by atoms with Crippen LogP contribution in [0.5, 0.6) is 5.75 Å². The van der Waals surface area contributed by atoms with E-state index < -0.39 is 63.9 Å². The van der Waals surface area contributed by atoms with Gasteiger partial charge in [0.1, 0.15) is 17.5 Å². The van der Waals surface area contributed by atoms with E-state index in [-0.39, 0.29) is 60.4 Å². The molecule has 0 amide bonds. The number of phenolic OH excluding ortho intramolecular Hbond substituents is 1. The number of carbonyl (C=O) groups is 3. The van der Waals surface area contributed by atoms with Gasteiger partial charge in [0.15, 0.2) is 23.3 Å². The highest BCUT2D eigenvalue weighted by Gasteiger charge is 3.03. The number of hydrogen-bond acceptors (Lipinski definition) is 12. The van der Waals surface area contributed by atoms with Crippen LogP contribution in [0, 0.1) is 0 Å². The van der Waals surface area contributed by atoms with Crippen molar-refractivity contribution in [1.29, 1.82) is 0 Å². The van der Waals surface area contributed by atoms with E-state index >= 15 is 0 Å². The lowest BCUT2D eigenvalue weighted by Crippen LogP contribution is -2.73. The number of hydrogen-bond donors (Lipinski definition) is 2. The van der Waals surface area contributed by atoms with Crippen molar-refractivity contribution in [2.45, 2.75) is 137 Å². The summed E-state index contributed by atoms with van der Waals surface area (Å²) in [6.45, 7) is 5.55. The van der Waals surface area contributed by atoms with Gasteiger partial charge in [0, 0.05) is 42.5 Å². The maximum Gasteiger partial charge on any atom is 0.210 e. The molecule has 7 aliphatic rings. The number of aliphatic hydroxyl groups is 1. The lowest BCUT2D eigenvalue weighted by atomic mass is 9.52. The minimum absolute atomic E-state index is 0.00155. The minimum Gasteiger partial charge on any atom is -0.507 e. The van der Waals surface area contributed by atoms with Gasteiger partial charge < -0.3 is 43.7 Å². The first-order chi connectivity index (χ1) is 22.1. The number of rotatable bonds is 5. The number of benzene rings is 1. The number of likely N-dealkylation sites (N-methyl/N-ethyl adjacent to an activating group) is 2. The molecule has 4 aliphatic heterocycles. The summed E-state index contributed by atoms with van der Waals surface area (Å²) >= 11 is 0. The van der Waals surface area contributed by atoms with Gasteiger partial charge in [-0.05, 0) is 80.7 Å². The van der Waals surface area contributed by atoms with Gasteiger partial charge in [-0.25, -0.2) is 0 Å². The first-order valence-electron chi connectivity index (χ1n) is 17.0. The lowest BCUT2D eigenvalue weighted by molar-refractivity contribution is -0.283. The monoisotopic (exact) mass is 654 g/mol. The molecule has 2 N–H and O–H groups in total. The van der Waals surface area contributed by atoms with Crippen molar-refractivity contribution in [2.75, 3.05) is 28.2 Å². The van der Waals surface area contributed by atoms with Crippen molar-refractivity contribution >= 4 is 17.3 Å². The Morgan fingerprint density at radius 3 is 2.19 bits per heavy atom. The first kappa shape index (κ1) is 31.9. The fraction of sp³-hybridized carbons (Fsp3) is 0.743. The number of carbonyl (C=O) groups excluding carboxylic acids is 3.